The third-order valence-corrected chi connectivity index (χ3v) is 3.45. The summed E-state index contributed by atoms with van der Waals surface area (Å²) >= 11 is 11.8. The van der Waals surface area contributed by atoms with E-state index < -0.39 is 5.82 Å². The largest absolute Gasteiger partial charge is 0.496 e. The van der Waals surface area contributed by atoms with E-state index in [1.54, 1.807) is 12.1 Å². The van der Waals surface area contributed by atoms with Crippen LogP contribution in [0.5, 0.6) is 5.75 Å². The Morgan fingerprint density at radius 1 is 1.24 bits per heavy atom. The molecule has 0 spiro atoms. The van der Waals surface area contributed by atoms with Gasteiger partial charge < -0.3 is 10.1 Å². The molecule has 2 aromatic rings. The van der Waals surface area contributed by atoms with Crippen LogP contribution in [0.4, 0.5) is 4.39 Å². The molecule has 0 aromatic heterocycles. The molecule has 0 saturated carbocycles. The molecule has 3 nitrogen and oxygen atoms in total. The first-order valence-electron chi connectivity index (χ1n) is 6.07. The van der Waals surface area contributed by atoms with E-state index >= 15 is 0 Å². The lowest BCUT2D eigenvalue weighted by Crippen LogP contribution is -2.23. The predicted molar refractivity (Wildman–Crippen MR) is 80.6 cm³/mol. The summed E-state index contributed by atoms with van der Waals surface area (Å²) in [5, 5.41) is 3.38. The summed E-state index contributed by atoms with van der Waals surface area (Å²) in [5.41, 5.74) is 0.940. The Labute approximate surface area is 131 Å². The average molecular weight is 328 g/mol. The molecule has 0 bridgehead atoms. The lowest BCUT2D eigenvalue weighted by Gasteiger charge is -2.10. The van der Waals surface area contributed by atoms with Crippen molar-refractivity contribution in [3.05, 3.63) is 63.4 Å². The summed E-state index contributed by atoms with van der Waals surface area (Å²) in [6.45, 7) is 0.174. The Morgan fingerprint density at radius 2 is 2.00 bits per heavy atom. The second-order valence-electron chi connectivity index (χ2n) is 4.26. The molecule has 110 valence electrons. The second-order valence-corrected chi connectivity index (χ2v) is 5.11. The fraction of sp³-hybridized carbons (Fsp3) is 0.133. The Bertz CT molecular complexity index is 677. The van der Waals surface area contributed by atoms with Gasteiger partial charge in [-0.15, -0.1) is 0 Å². The van der Waals surface area contributed by atoms with Gasteiger partial charge in [0.2, 0.25) is 0 Å². The van der Waals surface area contributed by atoms with Gasteiger partial charge in [-0.25, -0.2) is 4.39 Å². The summed E-state index contributed by atoms with van der Waals surface area (Å²) < 4.78 is 18.1. The van der Waals surface area contributed by atoms with Gasteiger partial charge in [0.25, 0.3) is 5.91 Å². The fourth-order valence-corrected chi connectivity index (χ4v) is 2.20. The second kappa shape index (κ2) is 6.78. The Hall–Kier alpha value is -1.78. The number of amides is 1. The van der Waals surface area contributed by atoms with E-state index in [0.717, 1.165) is 0 Å². The lowest BCUT2D eigenvalue weighted by atomic mass is 10.1. The number of ether oxygens (including phenoxy) is 1. The Balaban J connectivity index is 2.13. The first-order valence-corrected chi connectivity index (χ1v) is 6.82. The summed E-state index contributed by atoms with van der Waals surface area (Å²) in [7, 11) is 1.47. The Morgan fingerprint density at radius 3 is 2.67 bits per heavy atom. The normalized spacial score (nSPS) is 10.3. The fourth-order valence-electron chi connectivity index (χ4n) is 1.79. The van der Waals surface area contributed by atoms with Gasteiger partial charge in [0.1, 0.15) is 11.6 Å². The topological polar surface area (TPSA) is 38.3 Å². The molecule has 21 heavy (non-hydrogen) atoms. The number of nitrogens with one attached hydrogen (secondary N) is 1. The molecule has 0 unspecified atom stereocenters. The maximum absolute atomic E-state index is 13.0. The number of halogens is 3. The zero-order valence-corrected chi connectivity index (χ0v) is 12.6. The molecule has 0 saturated heterocycles. The highest BCUT2D eigenvalue weighted by molar-refractivity contribution is 6.31. The molecule has 0 atom stereocenters. The van der Waals surface area contributed by atoms with Crippen LogP contribution < -0.4 is 10.1 Å². The van der Waals surface area contributed by atoms with E-state index in [9.17, 15) is 9.18 Å². The van der Waals surface area contributed by atoms with Gasteiger partial charge in [-0.2, -0.15) is 0 Å². The number of carbonyl (C=O) groups is 1. The van der Waals surface area contributed by atoms with Crippen LogP contribution in [0.2, 0.25) is 10.0 Å². The van der Waals surface area contributed by atoms with Crippen molar-refractivity contribution in [2.75, 3.05) is 7.11 Å². The first kappa shape index (κ1) is 15.6. The van der Waals surface area contributed by atoms with Crippen LogP contribution in [-0.4, -0.2) is 13.0 Å². The van der Waals surface area contributed by atoms with Crippen LogP contribution in [0, 0.1) is 5.82 Å². The number of carbonyl (C=O) groups excluding carboxylic acids is 1. The quantitative estimate of drug-likeness (QED) is 0.919. The molecule has 2 aromatic carbocycles. The van der Waals surface area contributed by atoms with Crippen molar-refractivity contribution < 1.29 is 13.9 Å². The zero-order chi connectivity index (χ0) is 15.4. The first-order chi connectivity index (χ1) is 10.0. The van der Waals surface area contributed by atoms with Crippen LogP contribution >= 0.6 is 23.2 Å². The third-order valence-electron chi connectivity index (χ3n) is 2.86. The number of hydrogen-bond donors (Lipinski definition) is 1. The van der Waals surface area contributed by atoms with Gasteiger partial charge >= 0.3 is 0 Å². The maximum Gasteiger partial charge on any atom is 0.255 e. The maximum atomic E-state index is 13.0. The average Bonchev–Trinajstić information content (AvgIpc) is 2.46. The van der Waals surface area contributed by atoms with Gasteiger partial charge in [-0.05, 0) is 35.9 Å². The molecular formula is C15H12Cl2FNO2. The highest BCUT2D eigenvalue weighted by atomic mass is 35.5. The van der Waals surface area contributed by atoms with Crippen LogP contribution in [-0.2, 0) is 6.54 Å². The van der Waals surface area contributed by atoms with Crippen molar-refractivity contribution >= 4 is 29.1 Å². The molecule has 0 aliphatic rings. The molecule has 0 fully saturated rings. The van der Waals surface area contributed by atoms with E-state index in [-0.39, 0.29) is 17.5 Å². The highest BCUT2D eigenvalue weighted by Crippen LogP contribution is 2.23. The van der Waals surface area contributed by atoms with E-state index in [1.807, 2.05) is 0 Å². The minimum Gasteiger partial charge on any atom is -0.496 e. The van der Waals surface area contributed by atoms with Gasteiger partial charge in [-0.1, -0.05) is 29.3 Å². The smallest absolute Gasteiger partial charge is 0.255 e. The van der Waals surface area contributed by atoms with Crippen molar-refractivity contribution in [1.29, 1.82) is 0 Å². The number of methoxy groups -OCH3 is 1. The minimum absolute atomic E-state index is 0.174. The van der Waals surface area contributed by atoms with Crippen molar-refractivity contribution in [1.82, 2.24) is 5.32 Å². The number of rotatable bonds is 4. The SMILES string of the molecule is COc1ccc(Cl)cc1C(=O)NCc1ccc(F)cc1Cl. The summed E-state index contributed by atoms with van der Waals surface area (Å²) in [4.78, 5) is 12.2. The highest BCUT2D eigenvalue weighted by Gasteiger charge is 2.13. The van der Waals surface area contributed by atoms with Crippen LogP contribution in [0.1, 0.15) is 15.9 Å². The van der Waals surface area contributed by atoms with E-state index in [1.165, 1.54) is 31.4 Å². The van der Waals surface area contributed by atoms with Gasteiger partial charge in [0.15, 0.2) is 0 Å². The molecule has 1 amide bonds. The molecule has 2 rings (SSSR count). The number of benzene rings is 2. The minimum atomic E-state index is -0.424. The molecule has 1 N–H and O–H groups in total. The summed E-state index contributed by atoms with van der Waals surface area (Å²) in [6, 6.07) is 8.77. The lowest BCUT2D eigenvalue weighted by molar-refractivity contribution is 0.0948. The van der Waals surface area contributed by atoms with E-state index in [4.69, 9.17) is 27.9 Å². The monoisotopic (exact) mass is 327 g/mol. The predicted octanol–water partition coefficient (Wildman–Crippen LogP) is 4.07. The van der Waals surface area contributed by atoms with Crippen LogP contribution in [0.15, 0.2) is 36.4 Å². The van der Waals surface area contributed by atoms with Crippen LogP contribution in [0.3, 0.4) is 0 Å². The molecule has 6 heteroatoms. The van der Waals surface area contributed by atoms with Crippen molar-refractivity contribution in [3.8, 4) is 5.75 Å². The molecule has 0 heterocycles. The summed E-state index contributed by atoms with van der Waals surface area (Å²) in [5.74, 6) is -0.358. The summed E-state index contributed by atoms with van der Waals surface area (Å²) in [6.07, 6.45) is 0. The third kappa shape index (κ3) is 3.86. The standard InChI is InChI=1S/C15H12Cl2FNO2/c1-21-14-5-3-10(16)6-12(14)15(20)19-8-9-2-4-11(18)7-13(9)17/h2-7H,8H2,1H3,(H,19,20). The van der Waals surface area contributed by atoms with Crippen molar-refractivity contribution in [2.24, 2.45) is 0 Å². The van der Waals surface area contributed by atoms with E-state index in [2.05, 4.69) is 5.32 Å². The molecular weight excluding hydrogens is 316 g/mol. The number of hydrogen-bond acceptors (Lipinski definition) is 2. The van der Waals surface area contributed by atoms with Crippen LogP contribution in [0.25, 0.3) is 0 Å². The van der Waals surface area contributed by atoms with Crippen molar-refractivity contribution in [3.63, 3.8) is 0 Å². The van der Waals surface area contributed by atoms with Gasteiger partial charge in [0.05, 0.1) is 12.7 Å². The van der Waals surface area contributed by atoms with E-state index in [0.29, 0.717) is 21.9 Å². The molecule has 0 aliphatic heterocycles. The molecule has 0 aliphatic carbocycles. The zero-order valence-electron chi connectivity index (χ0n) is 11.1. The van der Waals surface area contributed by atoms with Gasteiger partial charge in [0, 0.05) is 16.6 Å². The Kier molecular flexibility index (Phi) is 5.04. The van der Waals surface area contributed by atoms with Gasteiger partial charge in [-0.3, -0.25) is 4.79 Å². The van der Waals surface area contributed by atoms with Crippen molar-refractivity contribution in [2.45, 2.75) is 6.54 Å². The molecule has 0 radical (unpaired) electrons.